The number of rotatable bonds is 3. The van der Waals surface area contributed by atoms with E-state index in [9.17, 15) is 0 Å². The number of nitrogens with two attached hydrogens (primary N) is 1. The first kappa shape index (κ1) is 10.4. The van der Waals surface area contributed by atoms with Crippen LogP contribution in [0.4, 0.5) is 0 Å². The summed E-state index contributed by atoms with van der Waals surface area (Å²) in [6.45, 7) is 8.06. The maximum atomic E-state index is 5.66. The lowest BCUT2D eigenvalue weighted by Gasteiger charge is -2.43. The van der Waals surface area contributed by atoms with E-state index in [0.29, 0.717) is 0 Å². The molecule has 0 aromatic heterocycles. The normalized spacial score (nSPS) is 34.7. The van der Waals surface area contributed by atoms with Crippen molar-refractivity contribution in [2.45, 2.75) is 38.3 Å². The molecule has 2 unspecified atom stereocenters. The number of fused-ring (bicyclic) bond motifs is 1. The van der Waals surface area contributed by atoms with Crippen molar-refractivity contribution in [3.05, 3.63) is 0 Å². The smallest absolute Gasteiger partial charge is 0.0224 e. The minimum absolute atomic E-state index is 0.757. The average molecular weight is 197 g/mol. The summed E-state index contributed by atoms with van der Waals surface area (Å²) in [5.41, 5.74) is 5.66. The summed E-state index contributed by atoms with van der Waals surface area (Å²) in [5, 5.41) is 0. The van der Waals surface area contributed by atoms with Crippen LogP contribution in [0.3, 0.4) is 0 Å². The van der Waals surface area contributed by atoms with Crippen LogP contribution in [0, 0.1) is 0 Å². The Morgan fingerprint density at radius 2 is 2.21 bits per heavy atom. The Hall–Kier alpha value is -0.120. The molecule has 2 heterocycles. The van der Waals surface area contributed by atoms with Gasteiger partial charge in [-0.05, 0) is 25.8 Å². The largest absolute Gasteiger partial charge is 0.329 e. The molecule has 14 heavy (non-hydrogen) atoms. The highest BCUT2D eigenvalue weighted by molar-refractivity contribution is 4.91. The first-order chi connectivity index (χ1) is 6.85. The first-order valence-corrected chi connectivity index (χ1v) is 6.03. The average Bonchev–Trinajstić information content (AvgIpc) is 2.64. The summed E-state index contributed by atoms with van der Waals surface area (Å²) < 4.78 is 0. The molecule has 3 nitrogen and oxygen atoms in total. The Bertz CT molecular complexity index is 183. The van der Waals surface area contributed by atoms with Crippen LogP contribution in [0.15, 0.2) is 0 Å². The van der Waals surface area contributed by atoms with Gasteiger partial charge in [0.1, 0.15) is 0 Å². The zero-order valence-corrected chi connectivity index (χ0v) is 9.28. The van der Waals surface area contributed by atoms with Gasteiger partial charge in [0.05, 0.1) is 0 Å². The maximum Gasteiger partial charge on any atom is 0.0224 e. The Balaban J connectivity index is 1.95. The number of hydrogen-bond donors (Lipinski definition) is 1. The van der Waals surface area contributed by atoms with E-state index in [4.69, 9.17) is 5.73 Å². The molecule has 2 atom stereocenters. The van der Waals surface area contributed by atoms with Crippen LogP contribution >= 0.6 is 0 Å². The van der Waals surface area contributed by atoms with Gasteiger partial charge in [-0.15, -0.1) is 0 Å². The highest BCUT2D eigenvalue weighted by Gasteiger charge is 2.34. The van der Waals surface area contributed by atoms with Crippen molar-refractivity contribution in [2.24, 2.45) is 5.73 Å². The second-order valence-electron chi connectivity index (χ2n) is 4.64. The summed E-state index contributed by atoms with van der Waals surface area (Å²) in [6, 6.07) is 1.59. The van der Waals surface area contributed by atoms with Crippen LogP contribution in [0.1, 0.15) is 26.2 Å². The van der Waals surface area contributed by atoms with Gasteiger partial charge in [0, 0.05) is 38.3 Å². The predicted octanol–water partition coefficient (Wildman–Crippen LogP) is 0.504. The van der Waals surface area contributed by atoms with Crippen LogP contribution in [0.25, 0.3) is 0 Å². The second-order valence-corrected chi connectivity index (χ2v) is 4.64. The minimum Gasteiger partial charge on any atom is -0.329 e. The van der Waals surface area contributed by atoms with Crippen molar-refractivity contribution in [3.63, 3.8) is 0 Å². The molecule has 0 spiro atoms. The lowest BCUT2D eigenvalue weighted by molar-refractivity contribution is 0.0516. The van der Waals surface area contributed by atoms with Gasteiger partial charge in [-0.2, -0.15) is 0 Å². The van der Waals surface area contributed by atoms with E-state index in [0.717, 1.165) is 25.2 Å². The van der Waals surface area contributed by atoms with Crippen molar-refractivity contribution >= 4 is 0 Å². The van der Waals surface area contributed by atoms with Crippen LogP contribution < -0.4 is 5.73 Å². The molecular weight excluding hydrogens is 174 g/mol. The Morgan fingerprint density at radius 3 is 2.93 bits per heavy atom. The Kier molecular flexibility index (Phi) is 3.42. The van der Waals surface area contributed by atoms with E-state index < -0.39 is 0 Å². The van der Waals surface area contributed by atoms with Gasteiger partial charge in [0.25, 0.3) is 0 Å². The van der Waals surface area contributed by atoms with Crippen molar-refractivity contribution < 1.29 is 0 Å². The zero-order chi connectivity index (χ0) is 9.97. The third kappa shape index (κ3) is 1.95. The van der Waals surface area contributed by atoms with E-state index in [1.165, 1.54) is 38.9 Å². The molecule has 2 N–H and O–H groups in total. The second kappa shape index (κ2) is 4.60. The fraction of sp³-hybridized carbons (Fsp3) is 1.00. The van der Waals surface area contributed by atoms with Gasteiger partial charge < -0.3 is 5.73 Å². The Labute approximate surface area is 87.2 Å². The molecule has 2 aliphatic rings. The molecule has 2 saturated heterocycles. The highest BCUT2D eigenvalue weighted by atomic mass is 15.3. The molecule has 2 rings (SSSR count). The first-order valence-electron chi connectivity index (χ1n) is 6.03. The lowest BCUT2D eigenvalue weighted by Crippen LogP contribution is -2.56. The zero-order valence-electron chi connectivity index (χ0n) is 9.28. The monoisotopic (exact) mass is 197 g/mol. The van der Waals surface area contributed by atoms with E-state index >= 15 is 0 Å². The van der Waals surface area contributed by atoms with E-state index in [-0.39, 0.29) is 0 Å². The molecule has 0 saturated carbocycles. The summed E-state index contributed by atoms with van der Waals surface area (Å²) >= 11 is 0. The molecule has 0 aromatic carbocycles. The molecule has 0 bridgehead atoms. The highest BCUT2D eigenvalue weighted by Crippen LogP contribution is 2.25. The fourth-order valence-electron chi connectivity index (χ4n) is 2.98. The molecule has 0 amide bonds. The minimum atomic E-state index is 0.757. The molecule has 0 radical (unpaired) electrons. The SMILES string of the molecule is CCC1CN2CCCC2CN1CCN. The molecule has 0 aromatic rings. The predicted molar refractivity (Wildman–Crippen MR) is 59.3 cm³/mol. The molecular formula is C11H23N3. The number of hydrogen-bond acceptors (Lipinski definition) is 3. The molecule has 2 fully saturated rings. The van der Waals surface area contributed by atoms with Gasteiger partial charge in [-0.3, -0.25) is 9.80 Å². The van der Waals surface area contributed by atoms with E-state index in [2.05, 4.69) is 16.7 Å². The van der Waals surface area contributed by atoms with Gasteiger partial charge in [0.15, 0.2) is 0 Å². The number of piperazine rings is 1. The summed E-state index contributed by atoms with van der Waals surface area (Å²) in [5.74, 6) is 0. The van der Waals surface area contributed by atoms with Crippen LogP contribution in [-0.2, 0) is 0 Å². The topological polar surface area (TPSA) is 32.5 Å². The molecule has 3 heteroatoms. The molecule has 2 aliphatic heterocycles. The number of nitrogens with zero attached hydrogens (tertiary/aromatic N) is 2. The fourth-order valence-corrected chi connectivity index (χ4v) is 2.98. The summed E-state index contributed by atoms with van der Waals surface area (Å²) in [6.07, 6.45) is 4.07. The van der Waals surface area contributed by atoms with Crippen LogP contribution in [0.5, 0.6) is 0 Å². The standard InChI is InChI=1S/C11H23N3/c1-2-10-8-13-6-3-4-11(13)9-14(10)7-5-12/h10-11H,2-9,12H2,1H3. The molecule has 82 valence electrons. The maximum absolute atomic E-state index is 5.66. The van der Waals surface area contributed by atoms with Crippen LogP contribution in [-0.4, -0.2) is 54.6 Å². The summed E-state index contributed by atoms with van der Waals surface area (Å²) in [4.78, 5) is 5.29. The van der Waals surface area contributed by atoms with Crippen molar-refractivity contribution in [1.29, 1.82) is 0 Å². The molecule has 0 aliphatic carbocycles. The van der Waals surface area contributed by atoms with Gasteiger partial charge in [-0.25, -0.2) is 0 Å². The van der Waals surface area contributed by atoms with Crippen molar-refractivity contribution in [2.75, 3.05) is 32.7 Å². The third-order valence-corrected chi connectivity index (χ3v) is 3.79. The Morgan fingerprint density at radius 1 is 1.36 bits per heavy atom. The third-order valence-electron chi connectivity index (χ3n) is 3.79. The summed E-state index contributed by atoms with van der Waals surface area (Å²) in [7, 11) is 0. The van der Waals surface area contributed by atoms with E-state index in [1.54, 1.807) is 0 Å². The van der Waals surface area contributed by atoms with Gasteiger partial charge in [0.2, 0.25) is 0 Å². The van der Waals surface area contributed by atoms with Crippen LogP contribution in [0.2, 0.25) is 0 Å². The van der Waals surface area contributed by atoms with E-state index in [1.807, 2.05) is 0 Å². The van der Waals surface area contributed by atoms with Crippen molar-refractivity contribution in [1.82, 2.24) is 9.80 Å². The lowest BCUT2D eigenvalue weighted by atomic mass is 10.1. The van der Waals surface area contributed by atoms with Crippen molar-refractivity contribution in [3.8, 4) is 0 Å². The van der Waals surface area contributed by atoms with Gasteiger partial charge >= 0.3 is 0 Å². The van der Waals surface area contributed by atoms with Gasteiger partial charge in [-0.1, -0.05) is 6.92 Å². The quantitative estimate of drug-likeness (QED) is 0.715.